The topological polar surface area (TPSA) is 76.1 Å². The molecule has 2 N–H and O–H groups in total. The number of rotatable bonds is 6. The van der Waals surface area contributed by atoms with Gasteiger partial charge < -0.3 is 15.4 Å². The molecule has 0 radical (unpaired) electrons. The second kappa shape index (κ2) is 7.61. The summed E-state index contributed by atoms with van der Waals surface area (Å²) in [5.74, 6) is 0.486. The number of carbonyl (C=O) groups excluding carboxylic acids is 1. The monoisotopic (exact) mass is 346 g/mol. The Morgan fingerprint density at radius 2 is 2.21 bits per heavy atom. The predicted molar refractivity (Wildman–Crippen MR) is 94.7 cm³/mol. The molecule has 24 heavy (non-hydrogen) atoms. The molecule has 0 atom stereocenters. The van der Waals surface area contributed by atoms with Crippen LogP contribution in [-0.2, 0) is 6.54 Å². The van der Waals surface area contributed by atoms with Gasteiger partial charge in [0.25, 0.3) is 5.91 Å². The summed E-state index contributed by atoms with van der Waals surface area (Å²) in [7, 11) is 1.79. The molecule has 1 saturated carbocycles. The van der Waals surface area contributed by atoms with Crippen LogP contribution >= 0.6 is 11.5 Å². The lowest BCUT2D eigenvalue weighted by Gasteiger charge is -2.15. The van der Waals surface area contributed by atoms with E-state index in [4.69, 9.17) is 4.74 Å². The fraction of sp³-hybridized carbons (Fsp3) is 0.471. The van der Waals surface area contributed by atoms with Gasteiger partial charge in [-0.2, -0.15) is 4.37 Å². The van der Waals surface area contributed by atoms with Crippen molar-refractivity contribution >= 4 is 22.4 Å². The maximum atomic E-state index is 12.5. The minimum atomic E-state index is -0.138. The van der Waals surface area contributed by atoms with Gasteiger partial charge in [0.2, 0.25) is 5.88 Å². The van der Waals surface area contributed by atoms with E-state index in [1.165, 1.54) is 24.4 Å². The zero-order valence-electron chi connectivity index (χ0n) is 14.0. The van der Waals surface area contributed by atoms with Crippen molar-refractivity contribution in [3.05, 3.63) is 35.2 Å². The van der Waals surface area contributed by atoms with Gasteiger partial charge in [-0.3, -0.25) is 4.79 Å². The number of aromatic nitrogens is 2. The Morgan fingerprint density at radius 3 is 2.96 bits per heavy atom. The van der Waals surface area contributed by atoms with Gasteiger partial charge in [-0.15, -0.1) is 0 Å². The molecule has 128 valence electrons. The largest absolute Gasteiger partial charge is 0.474 e. The van der Waals surface area contributed by atoms with Crippen molar-refractivity contribution in [2.24, 2.45) is 0 Å². The summed E-state index contributed by atoms with van der Waals surface area (Å²) in [6.07, 6.45) is 6.54. The first-order valence-electron chi connectivity index (χ1n) is 8.22. The second-order valence-electron chi connectivity index (χ2n) is 5.90. The first-order valence-corrected chi connectivity index (χ1v) is 8.99. The summed E-state index contributed by atoms with van der Waals surface area (Å²) in [6.45, 7) is 2.22. The number of amides is 1. The number of ether oxygens (including phenoxy) is 1. The maximum Gasteiger partial charge on any atom is 0.256 e. The summed E-state index contributed by atoms with van der Waals surface area (Å²) in [4.78, 5) is 16.8. The minimum absolute atomic E-state index is 0.138. The first kappa shape index (κ1) is 16.7. The number of pyridine rings is 1. The molecule has 0 aliphatic heterocycles. The summed E-state index contributed by atoms with van der Waals surface area (Å²) >= 11 is 1.29. The molecular formula is C17H22N4O2S. The van der Waals surface area contributed by atoms with Crippen LogP contribution in [0.5, 0.6) is 5.88 Å². The highest BCUT2D eigenvalue weighted by Gasteiger charge is 2.20. The highest BCUT2D eigenvalue weighted by atomic mass is 32.1. The molecule has 1 aliphatic carbocycles. The van der Waals surface area contributed by atoms with Crippen molar-refractivity contribution in [1.82, 2.24) is 14.7 Å². The van der Waals surface area contributed by atoms with Crippen LogP contribution in [0.2, 0.25) is 0 Å². The van der Waals surface area contributed by atoms with Gasteiger partial charge in [0.1, 0.15) is 11.1 Å². The van der Waals surface area contributed by atoms with E-state index >= 15 is 0 Å². The van der Waals surface area contributed by atoms with Crippen molar-refractivity contribution in [2.45, 2.75) is 45.3 Å². The molecule has 6 nitrogen and oxygen atoms in total. The Balaban J connectivity index is 1.68. The zero-order valence-corrected chi connectivity index (χ0v) is 14.8. The first-order chi connectivity index (χ1) is 11.7. The quantitative estimate of drug-likeness (QED) is 0.840. The van der Waals surface area contributed by atoms with Crippen LogP contribution < -0.4 is 15.4 Å². The molecule has 0 bridgehead atoms. The second-order valence-corrected chi connectivity index (χ2v) is 6.67. The van der Waals surface area contributed by atoms with Crippen molar-refractivity contribution < 1.29 is 9.53 Å². The Labute approximate surface area is 145 Å². The Morgan fingerprint density at radius 1 is 1.42 bits per heavy atom. The summed E-state index contributed by atoms with van der Waals surface area (Å²) in [6, 6.07) is 3.80. The van der Waals surface area contributed by atoms with Crippen LogP contribution in [0.3, 0.4) is 0 Å². The molecule has 7 heteroatoms. The normalized spacial score (nSPS) is 14.6. The number of anilines is 1. The Kier molecular flexibility index (Phi) is 5.30. The lowest BCUT2D eigenvalue weighted by molar-refractivity contribution is 0.0950. The molecule has 1 aliphatic rings. The molecule has 0 aromatic carbocycles. The number of hydrogen-bond acceptors (Lipinski definition) is 6. The molecule has 1 amide bonds. The van der Waals surface area contributed by atoms with Crippen molar-refractivity contribution in [1.29, 1.82) is 0 Å². The molecule has 2 aromatic heterocycles. The molecular weight excluding hydrogens is 324 g/mol. The van der Waals surface area contributed by atoms with Crippen LogP contribution in [0.1, 0.15) is 47.3 Å². The molecule has 0 saturated heterocycles. The van der Waals surface area contributed by atoms with E-state index in [1.54, 1.807) is 13.2 Å². The number of nitrogens with zero attached hydrogens (tertiary/aromatic N) is 2. The van der Waals surface area contributed by atoms with Crippen molar-refractivity contribution in [3.63, 3.8) is 0 Å². The van der Waals surface area contributed by atoms with Gasteiger partial charge in [-0.25, -0.2) is 4.98 Å². The molecule has 1 fully saturated rings. The number of hydrogen-bond donors (Lipinski definition) is 2. The molecule has 0 spiro atoms. The third-order valence-electron chi connectivity index (χ3n) is 4.19. The molecule has 2 heterocycles. The van der Waals surface area contributed by atoms with Crippen molar-refractivity contribution in [3.8, 4) is 5.88 Å². The summed E-state index contributed by atoms with van der Waals surface area (Å²) in [5, 5.41) is 6.74. The maximum absolute atomic E-state index is 12.5. The minimum Gasteiger partial charge on any atom is -0.474 e. The zero-order chi connectivity index (χ0) is 16.9. The van der Waals surface area contributed by atoms with E-state index in [1.807, 2.05) is 19.1 Å². The number of nitrogens with one attached hydrogen (secondary N) is 2. The van der Waals surface area contributed by atoms with Crippen LogP contribution in [0.4, 0.5) is 5.00 Å². The van der Waals surface area contributed by atoms with Gasteiger partial charge >= 0.3 is 0 Å². The van der Waals surface area contributed by atoms with Gasteiger partial charge in [0.05, 0.1) is 11.3 Å². The van der Waals surface area contributed by atoms with E-state index in [-0.39, 0.29) is 12.0 Å². The van der Waals surface area contributed by atoms with E-state index in [0.29, 0.717) is 18.0 Å². The Hall–Kier alpha value is -2.15. The molecule has 3 rings (SSSR count). The van der Waals surface area contributed by atoms with E-state index in [0.717, 1.165) is 29.1 Å². The fourth-order valence-electron chi connectivity index (χ4n) is 2.90. The van der Waals surface area contributed by atoms with Crippen LogP contribution in [-0.4, -0.2) is 28.4 Å². The highest BCUT2D eigenvalue weighted by Crippen LogP contribution is 2.26. The van der Waals surface area contributed by atoms with Crippen LogP contribution in [0.25, 0.3) is 0 Å². The third-order valence-corrected chi connectivity index (χ3v) is 5.14. The van der Waals surface area contributed by atoms with Gasteiger partial charge in [0.15, 0.2) is 0 Å². The van der Waals surface area contributed by atoms with Crippen molar-refractivity contribution in [2.75, 3.05) is 12.4 Å². The standard InChI is InChI=1S/C17H22N4O2S/c1-11-14(17(18-2)24-21-11)15(22)20-10-12-6-5-9-19-16(12)23-13-7-3-4-8-13/h5-6,9,13,18H,3-4,7-8,10H2,1-2H3,(H,20,22). The summed E-state index contributed by atoms with van der Waals surface area (Å²) in [5.41, 5.74) is 2.23. The van der Waals surface area contributed by atoms with E-state index in [2.05, 4.69) is 20.0 Å². The fourth-order valence-corrected chi connectivity index (χ4v) is 3.64. The van der Waals surface area contributed by atoms with E-state index in [9.17, 15) is 4.79 Å². The average Bonchev–Trinajstić information content (AvgIpc) is 3.23. The predicted octanol–water partition coefficient (Wildman–Crippen LogP) is 3.14. The average molecular weight is 346 g/mol. The number of carbonyl (C=O) groups is 1. The molecule has 0 unspecified atom stereocenters. The number of aryl methyl sites for hydroxylation is 1. The van der Waals surface area contributed by atoms with Crippen LogP contribution in [0, 0.1) is 6.92 Å². The van der Waals surface area contributed by atoms with Gasteiger partial charge in [0, 0.05) is 25.4 Å². The smallest absolute Gasteiger partial charge is 0.256 e. The molecule has 2 aromatic rings. The highest BCUT2D eigenvalue weighted by molar-refractivity contribution is 7.10. The third kappa shape index (κ3) is 3.67. The van der Waals surface area contributed by atoms with Gasteiger partial charge in [-0.05, 0) is 50.2 Å². The van der Waals surface area contributed by atoms with Crippen LogP contribution in [0.15, 0.2) is 18.3 Å². The van der Waals surface area contributed by atoms with E-state index < -0.39 is 0 Å². The van der Waals surface area contributed by atoms with Gasteiger partial charge in [-0.1, -0.05) is 6.07 Å². The lowest BCUT2D eigenvalue weighted by atomic mass is 10.2. The summed E-state index contributed by atoms with van der Waals surface area (Å²) < 4.78 is 10.2. The Bertz CT molecular complexity index is 710. The lowest BCUT2D eigenvalue weighted by Crippen LogP contribution is -2.24. The SMILES string of the molecule is CNc1snc(C)c1C(=O)NCc1cccnc1OC1CCCC1.